The molecule has 1 aliphatic heterocycles. The Kier molecular flexibility index (Phi) is 6.01. The van der Waals surface area contributed by atoms with Gasteiger partial charge in [-0.25, -0.2) is 0 Å². The molecule has 0 aliphatic carbocycles. The van der Waals surface area contributed by atoms with Gasteiger partial charge in [-0.1, -0.05) is 6.92 Å². The lowest BCUT2D eigenvalue weighted by atomic mass is 10.2. The quantitative estimate of drug-likeness (QED) is 0.749. The summed E-state index contributed by atoms with van der Waals surface area (Å²) in [7, 11) is 1.70. The van der Waals surface area contributed by atoms with E-state index in [2.05, 4.69) is 24.1 Å². The highest BCUT2D eigenvalue weighted by atomic mass is 32.1. The highest BCUT2D eigenvalue weighted by molar-refractivity contribution is 7.80. The molecule has 0 spiro atoms. The molecule has 0 aromatic carbocycles. The molecule has 2 atom stereocenters. The molecule has 0 amide bonds. The molecule has 0 aromatic heterocycles. The number of hydrogen-bond donors (Lipinski definition) is 1. The van der Waals surface area contributed by atoms with Gasteiger partial charge in [0.2, 0.25) is 0 Å². The van der Waals surface area contributed by atoms with Crippen LogP contribution in [0.5, 0.6) is 0 Å². The van der Waals surface area contributed by atoms with E-state index < -0.39 is 0 Å². The van der Waals surface area contributed by atoms with Gasteiger partial charge in [0.05, 0.1) is 19.3 Å². The Morgan fingerprint density at radius 1 is 1.69 bits per heavy atom. The average molecular weight is 246 g/mol. The van der Waals surface area contributed by atoms with Crippen LogP contribution >= 0.6 is 12.2 Å². The van der Waals surface area contributed by atoms with Crippen molar-refractivity contribution in [2.75, 3.05) is 33.4 Å². The van der Waals surface area contributed by atoms with Crippen molar-refractivity contribution < 1.29 is 9.47 Å². The van der Waals surface area contributed by atoms with Crippen LogP contribution in [0.3, 0.4) is 0 Å². The highest BCUT2D eigenvalue weighted by Crippen LogP contribution is 2.08. The summed E-state index contributed by atoms with van der Waals surface area (Å²) in [6, 6.07) is 0.250. The molecule has 5 heteroatoms. The second-order valence-electron chi connectivity index (χ2n) is 4.15. The van der Waals surface area contributed by atoms with Crippen LogP contribution in [0, 0.1) is 0 Å². The minimum Gasteiger partial charge on any atom is -0.383 e. The van der Waals surface area contributed by atoms with Gasteiger partial charge in [-0.2, -0.15) is 0 Å². The zero-order valence-electron chi connectivity index (χ0n) is 10.4. The van der Waals surface area contributed by atoms with E-state index in [1.807, 2.05) is 0 Å². The smallest absolute Gasteiger partial charge is 0.169 e. The van der Waals surface area contributed by atoms with E-state index in [9.17, 15) is 0 Å². The first kappa shape index (κ1) is 13.7. The molecule has 1 rings (SSSR count). The van der Waals surface area contributed by atoms with Crippen LogP contribution in [0.2, 0.25) is 0 Å². The fourth-order valence-electron chi connectivity index (χ4n) is 1.74. The van der Waals surface area contributed by atoms with Gasteiger partial charge >= 0.3 is 0 Å². The van der Waals surface area contributed by atoms with Crippen molar-refractivity contribution in [3.8, 4) is 0 Å². The summed E-state index contributed by atoms with van der Waals surface area (Å²) in [6.07, 6.45) is 1.35. The van der Waals surface area contributed by atoms with E-state index >= 15 is 0 Å². The van der Waals surface area contributed by atoms with Crippen molar-refractivity contribution in [3.63, 3.8) is 0 Å². The molecule has 1 fully saturated rings. The molecule has 1 N–H and O–H groups in total. The van der Waals surface area contributed by atoms with Crippen molar-refractivity contribution in [2.45, 2.75) is 32.4 Å². The van der Waals surface area contributed by atoms with Gasteiger partial charge in [-0.3, -0.25) is 0 Å². The fourth-order valence-corrected chi connectivity index (χ4v) is 2.11. The van der Waals surface area contributed by atoms with Gasteiger partial charge in [-0.05, 0) is 25.6 Å². The van der Waals surface area contributed by atoms with Crippen molar-refractivity contribution in [1.82, 2.24) is 10.2 Å². The summed E-state index contributed by atoms with van der Waals surface area (Å²) in [4.78, 5) is 2.18. The predicted octanol–water partition coefficient (Wildman–Crippen LogP) is 1.01. The number of nitrogens with zero attached hydrogens (tertiary/aromatic N) is 1. The second-order valence-corrected chi connectivity index (χ2v) is 4.54. The lowest BCUT2D eigenvalue weighted by Gasteiger charge is -2.35. The highest BCUT2D eigenvalue weighted by Gasteiger charge is 2.21. The van der Waals surface area contributed by atoms with Crippen LogP contribution in [-0.2, 0) is 9.47 Å². The summed E-state index contributed by atoms with van der Waals surface area (Å²) >= 11 is 5.37. The van der Waals surface area contributed by atoms with Crippen LogP contribution in [0.1, 0.15) is 20.3 Å². The fraction of sp³-hybridized carbons (Fsp3) is 0.909. The van der Waals surface area contributed by atoms with E-state index in [1.165, 1.54) is 0 Å². The van der Waals surface area contributed by atoms with Crippen LogP contribution in [-0.4, -0.2) is 55.6 Å². The number of hydrogen-bond acceptors (Lipinski definition) is 3. The zero-order chi connectivity index (χ0) is 12.0. The number of methoxy groups -OCH3 is 1. The number of ether oxygens (including phenoxy) is 2. The van der Waals surface area contributed by atoms with Crippen molar-refractivity contribution >= 4 is 17.3 Å². The first-order valence-corrected chi connectivity index (χ1v) is 6.24. The Morgan fingerprint density at radius 2 is 2.44 bits per heavy atom. The first-order valence-electron chi connectivity index (χ1n) is 5.83. The number of morpholine rings is 1. The van der Waals surface area contributed by atoms with E-state index in [1.54, 1.807) is 7.11 Å². The molecule has 1 saturated heterocycles. The molecule has 0 bridgehead atoms. The molecule has 1 aliphatic rings. The summed E-state index contributed by atoms with van der Waals surface area (Å²) in [5.74, 6) is 0. The van der Waals surface area contributed by atoms with Crippen molar-refractivity contribution in [2.24, 2.45) is 0 Å². The van der Waals surface area contributed by atoms with Gasteiger partial charge in [0.15, 0.2) is 5.11 Å². The molecule has 16 heavy (non-hydrogen) atoms. The maximum absolute atomic E-state index is 5.61. The van der Waals surface area contributed by atoms with Crippen LogP contribution in [0.25, 0.3) is 0 Å². The monoisotopic (exact) mass is 246 g/mol. The SMILES string of the molecule is CCC1CN(C(=S)NC(C)COC)CCO1. The van der Waals surface area contributed by atoms with Crippen LogP contribution < -0.4 is 5.32 Å². The van der Waals surface area contributed by atoms with Crippen LogP contribution in [0.4, 0.5) is 0 Å². The van der Waals surface area contributed by atoms with Gasteiger partial charge in [-0.15, -0.1) is 0 Å². The zero-order valence-corrected chi connectivity index (χ0v) is 11.2. The van der Waals surface area contributed by atoms with E-state index in [0.29, 0.717) is 12.7 Å². The largest absolute Gasteiger partial charge is 0.383 e. The van der Waals surface area contributed by atoms with Crippen LogP contribution in [0.15, 0.2) is 0 Å². The number of thiocarbonyl (C=S) groups is 1. The Hall–Kier alpha value is -0.390. The Morgan fingerprint density at radius 3 is 3.06 bits per heavy atom. The minimum atomic E-state index is 0.250. The van der Waals surface area contributed by atoms with Gasteiger partial charge in [0, 0.05) is 26.2 Å². The Labute approximate surface area is 103 Å². The summed E-state index contributed by atoms with van der Waals surface area (Å²) < 4.78 is 10.7. The van der Waals surface area contributed by atoms with Gasteiger partial charge < -0.3 is 19.7 Å². The molecule has 4 nitrogen and oxygen atoms in total. The first-order chi connectivity index (χ1) is 7.67. The predicted molar refractivity (Wildman–Crippen MR) is 68.7 cm³/mol. The summed E-state index contributed by atoms with van der Waals surface area (Å²) in [5.41, 5.74) is 0. The summed E-state index contributed by atoms with van der Waals surface area (Å²) in [6.45, 7) is 7.40. The average Bonchev–Trinajstić information content (AvgIpc) is 2.29. The topological polar surface area (TPSA) is 33.7 Å². The van der Waals surface area contributed by atoms with E-state index in [0.717, 1.165) is 31.2 Å². The molecule has 0 radical (unpaired) electrons. The molecule has 2 unspecified atom stereocenters. The molecule has 1 heterocycles. The van der Waals surface area contributed by atoms with Gasteiger partial charge in [0.1, 0.15) is 0 Å². The third-order valence-electron chi connectivity index (χ3n) is 2.67. The van der Waals surface area contributed by atoms with Crippen molar-refractivity contribution in [1.29, 1.82) is 0 Å². The second kappa shape index (κ2) is 7.04. The third kappa shape index (κ3) is 4.23. The molecule has 0 saturated carbocycles. The standard InChI is InChI=1S/C11H22N2O2S/c1-4-10-7-13(5-6-15-10)11(16)12-9(2)8-14-3/h9-10H,4-8H2,1-3H3,(H,12,16). The number of nitrogens with one attached hydrogen (secondary N) is 1. The molecule has 94 valence electrons. The lowest BCUT2D eigenvalue weighted by Crippen LogP contribution is -2.51. The third-order valence-corrected chi connectivity index (χ3v) is 3.04. The lowest BCUT2D eigenvalue weighted by molar-refractivity contribution is -0.00750. The maximum Gasteiger partial charge on any atom is 0.169 e. The van der Waals surface area contributed by atoms with E-state index in [4.69, 9.17) is 21.7 Å². The maximum atomic E-state index is 5.61. The molecule has 0 aromatic rings. The molecular weight excluding hydrogens is 224 g/mol. The van der Waals surface area contributed by atoms with E-state index in [-0.39, 0.29) is 6.04 Å². The number of rotatable bonds is 4. The molecular formula is C11H22N2O2S. The normalized spacial score (nSPS) is 22.9. The Bertz CT molecular complexity index is 226. The van der Waals surface area contributed by atoms with Gasteiger partial charge in [0.25, 0.3) is 0 Å². The van der Waals surface area contributed by atoms with Crippen molar-refractivity contribution in [3.05, 3.63) is 0 Å². The minimum absolute atomic E-state index is 0.250. The Balaban J connectivity index is 2.35. The summed E-state index contributed by atoms with van der Waals surface area (Å²) in [5, 5.41) is 4.08.